The van der Waals surface area contributed by atoms with Gasteiger partial charge in [-0.05, 0) is 24.0 Å². The summed E-state index contributed by atoms with van der Waals surface area (Å²) in [5.74, 6) is -0.805. The molecule has 2 aromatic rings. The third-order valence-corrected chi connectivity index (χ3v) is 7.66. The van der Waals surface area contributed by atoms with E-state index in [2.05, 4.69) is 10.8 Å². The van der Waals surface area contributed by atoms with Crippen LogP contribution in [0.25, 0.3) is 0 Å². The van der Waals surface area contributed by atoms with Gasteiger partial charge in [0.05, 0.1) is 12.4 Å². The Kier molecular flexibility index (Phi) is 6.35. The van der Waals surface area contributed by atoms with Gasteiger partial charge in [0.1, 0.15) is 12.1 Å². The fourth-order valence-electron chi connectivity index (χ4n) is 3.94. The Morgan fingerprint density at radius 3 is 2.39 bits per heavy atom. The highest BCUT2D eigenvalue weighted by atomic mass is 32.2. The number of carbonyl (C=O) groups excluding carboxylic acids is 2. The van der Waals surface area contributed by atoms with Crippen molar-refractivity contribution in [1.82, 2.24) is 15.7 Å². The summed E-state index contributed by atoms with van der Waals surface area (Å²) in [6.07, 6.45) is 0.750. The fourth-order valence-corrected chi connectivity index (χ4v) is 5.91. The zero-order valence-electron chi connectivity index (χ0n) is 16.9. The van der Waals surface area contributed by atoms with Crippen molar-refractivity contribution in [2.45, 2.75) is 36.9 Å². The van der Waals surface area contributed by atoms with Crippen LogP contribution in [0.3, 0.4) is 0 Å². The van der Waals surface area contributed by atoms with Gasteiger partial charge in [-0.1, -0.05) is 60.7 Å². The number of hydrogen-bond acceptors (Lipinski definition) is 6. The number of rotatable bonds is 8. The molecule has 2 heterocycles. The Balaban J connectivity index is 1.43. The Bertz CT molecular complexity index is 1030. The largest absolute Gasteiger partial charge is 0.340 e. The molecule has 3 atom stereocenters. The van der Waals surface area contributed by atoms with Crippen LogP contribution in [0.5, 0.6) is 0 Å². The van der Waals surface area contributed by atoms with Crippen LogP contribution >= 0.6 is 0 Å². The van der Waals surface area contributed by atoms with Gasteiger partial charge >= 0.3 is 0 Å². The highest BCUT2D eigenvalue weighted by Gasteiger charge is 2.56. The first-order valence-corrected chi connectivity index (χ1v) is 11.9. The number of β-lactam (4-membered cyclic amide) rings is 1. The van der Waals surface area contributed by atoms with Gasteiger partial charge in [-0.2, -0.15) is 5.48 Å². The van der Waals surface area contributed by atoms with E-state index in [4.69, 9.17) is 4.84 Å². The number of nitrogens with zero attached hydrogens (tertiary/aromatic N) is 1. The van der Waals surface area contributed by atoms with E-state index in [9.17, 15) is 18.0 Å². The van der Waals surface area contributed by atoms with E-state index >= 15 is 0 Å². The Morgan fingerprint density at radius 2 is 1.71 bits per heavy atom. The fraction of sp³-hybridized carbons (Fsp3) is 0.364. The van der Waals surface area contributed by atoms with Crippen LogP contribution in [0.15, 0.2) is 60.7 Å². The first-order chi connectivity index (χ1) is 15.0. The minimum absolute atomic E-state index is 0.0275. The van der Waals surface area contributed by atoms with Crippen LogP contribution < -0.4 is 10.8 Å². The van der Waals surface area contributed by atoms with Gasteiger partial charge in [0, 0.05) is 6.54 Å². The lowest BCUT2D eigenvalue weighted by atomic mass is 10.0. The normalized spacial score (nSPS) is 22.8. The summed E-state index contributed by atoms with van der Waals surface area (Å²) in [6.45, 7) is 0.660. The standard InChI is InChI=1S/C22H25N3O5S/c26-20(23-19-21(27)25-12-7-13-31(28,29)22(19)25)18(14-16-8-3-1-4-9-16)24-30-15-17-10-5-2-6-11-17/h1-6,8-11,18-19,22,24H,7,12-15H2,(H,23,26)/t18-,19+,22-/m0/s1. The van der Waals surface area contributed by atoms with Crippen LogP contribution in [-0.2, 0) is 37.3 Å². The molecule has 0 bridgehead atoms. The van der Waals surface area contributed by atoms with Gasteiger partial charge in [0.2, 0.25) is 11.8 Å². The lowest BCUT2D eigenvalue weighted by Crippen LogP contribution is -2.75. The van der Waals surface area contributed by atoms with Crippen molar-refractivity contribution in [2.75, 3.05) is 12.3 Å². The Hall–Kier alpha value is -2.75. The number of benzene rings is 2. The second kappa shape index (κ2) is 9.17. The zero-order chi connectivity index (χ0) is 21.8. The van der Waals surface area contributed by atoms with Crippen LogP contribution in [0.1, 0.15) is 17.5 Å². The number of nitrogens with one attached hydrogen (secondary N) is 2. The molecule has 4 rings (SSSR count). The lowest BCUT2D eigenvalue weighted by Gasteiger charge is -2.49. The van der Waals surface area contributed by atoms with Crippen molar-refractivity contribution in [3.63, 3.8) is 0 Å². The van der Waals surface area contributed by atoms with E-state index in [-0.39, 0.29) is 18.3 Å². The quantitative estimate of drug-likeness (QED) is 0.462. The average molecular weight is 444 g/mol. The number of carbonyl (C=O) groups is 2. The third-order valence-electron chi connectivity index (χ3n) is 5.54. The van der Waals surface area contributed by atoms with Crippen molar-refractivity contribution < 1.29 is 22.8 Å². The van der Waals surface area contributed by atoms with E-state index in [1.165, 1.54) is 4.90 Å². The van der Waals surface area contributed by atoms with Gasteiger partial charge in [-0.15, -0.1) is 0 Å². The molecule has 164 valence electrons. The van der Waals surface area contributed by atoms with Crippen molar-refractivity contribution in [2.24, 2.45) is 0 Å². The van der Waals surface area contributed by atoms with Crippen molar-refractivity contribution >= 4 is 21.7 Å². The molecule has 2 N–H and O–H groups in total. The molecular formula is C22H25N3O5S. The van der Waals surface area contributed by atoms with Crippen LogP contribution in [0, 0.1) is 0 Å². The van der Waals surface area contributed by atoms with Crippen molar-refractivity contribution in [3.8, 4) is 0 Å². The summed E-state index contributed by atoms with van der Waals surface area (Å²) < 4.78 is 24.8. The Morgan fingerprint density at radius 1 is 1.06 bits per heavy atom. The van der Waals surface area contributed by atoms with Crippen LogP contribution in [0.4, 0.5) is 0 Å². The number of hydroxylamine groups is 1. The number of sulfone groups is 1. The van der Waals surface area contributed by atoms with Crippen molar-refractivity contribution in [3.05, 3.63) is 71.8 Å². The second-order valence-corrected chi connectivity index (χ2v) is 9.98. The van der Waals surface area contributed by atoms with E-state index in [0.717, 1.165) is 11.1 Å². The van der Waals surface area contributed by atoms with Gasteiger partial charge in [-0.25, -0.2) is 8.42 Å². The number of fused-ring (bicyclic) bond motifs is 1. The minimum atomic E-state index is -3.45. The Labute approximate surface area is 181 Å². The summed E-state index contributed by atoms with van der Waals surface area (Å²) in [5.41, 5.74) is 4.64. The van der Waals surface area contributed by atoms with Gasteiger partial charge < -0.3 is 10.2 Å². The molecule has 0 saturated carbocycles. The predicted octanol–water partition coefficient (Wildman–Crippen LogP) is 0.791. The molecule has 2 amide bonds. The van der Waals surface area contributed by atoms with Gasteiger partial charge in [0.15, 0.2) is 15.2 Å². The third kappa shape index (κ3) is 4.79. The molecule has 2 aromatic carbocycles. The smallest absolute Gasteiger partial charge is 0.249 e. The molecule has 0 unspecified atom stereocenters. The molecule has 0 aliphatic carbocycles. The van der Waals surface area contributed by atoms with E-state index in [1.807, 2.05) is 60.7 Å². The molecule has 2 fully saturated rings. The lowest BCUT2D eigenvalue weighted by molar-refractivity contribution is -0.150. The summed E-state index contributed by atoms with van der Waals surface area (Å²) >= 11 is 0. The van der Waals surface area contributed by atoms with E-state index in [0.29, 0.717) is 19.4 Å². The molecule has 0 radical (unpaired) electrons. The predicted molar refractivity (Wildman–Crippen MR) is 114 cm³/mol. The second-order valence-electron chi connectivity index (χ2n) is 7.76. The molecular weight excluding hydrogens is 418 g/mol. The summed E-state index contributed by atoms with van der Waals surface area (Å²) in [7, 11) is -3.45. The van der Waals surface area contributed by atoms with Crippen molar-refractivity contribution in [1.29, 1.82) is 0 Å². The highest BCUT2D eigenvalue weighted by Crippen LogP contribution is 2.30. The molecule has 2 aliphatic rings. The molecule has 0 spiro atoms. The zero-order valence-corrected chi connectivity index (χ0v) is 17.8. The topological polar surface area (TPSA) is 105 Å². The minimum Gasteiger partial charge on any atom is -0.340 e. The highest BCUT2D eigenvalue weighted by molar-refractivity contribution is 7.92. The van der Waals surface area contributed by atoms with E-state index in [1.54, 1.807) is 0 Å². The first-order valence-electron chi connectivity index (χ1n) is 10.2. The summed E-state index contributed by atoms with van der Waals surface area (Å²) in [6, 6.07) is 17.1. The summed E-state index contributed by atoms with van der Waals surface area (Å²) in [4.78, 5) is 32.3. The maximum atomic E-state index is 13.0. The molecule has 9 heteroatoms. The van der Waals surface area contributed by atoms with Gasteiger partial charge in [-0.3, -0.25) is 14.4 Å². The molecule has 0 aromatic heterocycles. The number of amides is 2. The maximum Gasteiger partial charge on any atom is 0.249 e. The SMILES string of the molecule is O=C(N[C@@H]1C(=O)N2CCCS(=O)(=O)[C@@H]12)[C@H](Cc1ccccc1)NOCc1ccccc1. The molecule has 2 aliphatic heterocycles. The van der Waals surface area contributed by atoms with Crippen LogP contribution in [0.2, 0.25) is 0 Å². The van der Waals surface area contributed by atoms with Crippen LogP contribution in [-0.4, -0.2) is 54.9 Å². The van der Waals surface area contributed by atoms with Gasteiger partial charge in [0.25, 0.3) is 0 Å². The monoisotopic (exact) mass is 443 g/mol. The molecule has 31 heavy (non-hydrogen) atoms. The average Bonchev–Trinajstić information content (AvgIpc) is 2.77. The maximum absolute atomic E-state index is 13.0. The summed E-state index contributed by atoms with van der Waals surface area (Å²) in [5, 5.41) is 1.67. The first kappa shape index (κ1) is 21.5. The molecule has 8 nitrogen and oxygen atoms in total. The molecule has 2 saturated heterocycles. The van der Waals surface area contributed by atoms with E-state index < -0.39 is 33.2 Å². The number of hydrogen-bond donors (Lipinski definition) is 2.